The maximum atomic E-state index is 5.53. The van der Waals surface area contributed by atoms with Gasteiger partial charge in [0.1, 0.15) is 5.82 Å². The topological polar surface area (TPSA) is 39.5 Å². The summed E-state index contributed by atoms with van der Waals surface area (Å²) in [7, 11) is 3.38. The minimum Gasteiger partial charge on any atom is -0.493 e. The molecular formula is C31H37N3O2S. The van der Waals surface area contributed by atoms with Crippen LogP contribution in [0.4, 0.5) is 0 Å². The van der Waals surface area contributed by atoms with E-state index in [9.17, 15) is 0 Å². The minimum absolute atomic E-state index is 0.624. The molecule has 0 unspecified atom stereocenters. The SMILES string of the molecule is COc1ccc(CCN(Sc2ccc(Cn3c(C)nc4ccccc43)cc2)C2CCCCC2)cc1OC. The summed E-state index contributed by atoms with van der Waals surface area (Å²) in [5, 5.41) is 0. The van der Waals surface area contributed by atoms with Crippen LogP contribution in [-0.4, -0.2) is 40.7 Å². The molecule has 0 N–H and O–H groups in total. The molecule has 1 aliphatic carbocycles. The normalized spacial score (nSPS) is 14.4. The van der Waals surface area contributed by atoms with Gasteiger partial charge in [-0.25, -0.2) is 9.29 Å². The lowest BCUT2D eigenvalue weighted by Crippen LogP contribution is -2.33. The van der Waals surface area contributed by atoms with E-state index in [-0.39, 0.29) is 0 Å². The Labute approximate surface area is 224 Å². The van der Waals surface area contributed by atoms with Crippen LogP contribution in [0.25, 0.3) is 11.0 Å². The van der Waals surface area contributed by atoms with Crippen molar-refractivity contribution in [2.75, 3.05) is 20.8 Å². The first-order valence-electron chi connectivity index (χ1n) is 13.3. The molecular weight excluding hydrogens is 478 g/mol. The number of nitrogens with zero attached hydrogens (tertiary/aromatic N) is 3. The second-order valence-corrected chi connectivity index (χ2v) is 11.0. The number of para-hydroxylation sites is 2. The van der Waals surface area contributed by atoms with Gasteiger partial charge in [-0.3, -0.25) is 0 Å². The number of benzene rings is 3. The fourth-order valence-corrected chi connectivity index (χ4v) is 6.39. The zero-order chi connectivity index (χ0) is 25.6. The van der Waals surface area contributed by atoms with Crippen LogP contribution in [0.5, 0.6) is 11.5 Å². The largest absolute Gasteiger partial charge is 0.493 e. The number of fused-ring (bicyclic) bond motifs is 1. The lowest BCUT2D eigenvalue weighted by Gasteiger charge is -2.33. The molecule has 37 heavy (non-hydrogen) atoms. The average molecular weight is 516 g/mol. The molecule has 0 atom stereocenters. The number of rotatable bonds is 10. The maximum absolute atomic E-state index is 5.53. The third-order valence-corrected chi connectivity index (χ3v) is 8.58. The van der Waals surface area contributed by atoms with Crippen LogP contribution in [-0.2, 0) is 13.0 Å². The van der Waals surface area contributed by atoms with Crippen LogP contribution in [0.2, 0.25) is 0 Å². The molecule has 5 nitrogen and oxygen atoms in total. The minimum atomic E-state index is 0.624. The lowest BCUT2D eigenvalue weighted by atomic mass is 9.95. The maximum Gasteiger partial charge on any atom is 0.160 e. The van der Waals surface area contributed by atoms with E-state index in [2.05, 4.69) is 70.4 Å². The fraction of sp³-hybridized carbons (Fsp3) is 0.387. The van der Waals surface area contributed by atoms with E-state index in [0.29, 0.717) is 6.04 Å². The molecule has 1 heterocycles. The highest BCUT2D eigenvalue weighted by atomic mass is 32.2. The molecule has 0 aliphatic heterocycles. The van der Waals surface area contributed by atoms with Crippen LogP contribution in [0.15, 0.2) is 71.6 Å². The molecule has 1 aliphatic rings. The van der Waals surface area contributed by atoms with Gasteiger partial charge in [-0.05, 0) is 85.7 Å². The Hall–Kier alpha value is -2.96. The zero-order valence-electron chi connectivity index (χ0n) is 22.2. The van der Waals surface area contributed by atoms with Gasteiger partial charge in [0.25, 0.3) is 0 Å². The fourth-order valence-electron chi connectivity index (χ4n) is 5.32. The Bertz CT molecular complexity index is 1310. The van der Waals surface area contributed by atoms with Gasteiger partial charge in [0.2, 0.25) is 0 Å². The van der Waals surface area contributed by atoms with Crippen molar-refractivity contribution in [2.24, 2.45) is 0 Å². The van der Waals surface area contributed by atoms with Crippen molar-refractivity contribution < 1.29 is 9.47 Å². The summed E-state index contributed by atoms with van der Waals surface area (Å²) < 4.78 is 15.9. The van der Waals surface area contributed by atoms with E-state index in [1.54, 1.807) is 14.2 Å². The van der Waals surface area contributed by atoms with Crippen LogP contribution >= 0.6 is 11.9 Å². The van der Waals surface area contributed by atoms with Crippen molar-refractivity contribution in [1.82, 2.24) is 13.9 Å². The number of methoxy groups -OCH3 is 2. The Morgan fingerprint density at radius 3 is 2.38 bits per heavy atom. The van der Waals surface area contributed by atoms with E-state index in [1.165, 1.54) is 53.6 Å². The highest BCUT2D eigenvalue weighted by molar-refractivity contribution is 7.97. The number of imidazole rings is 1. The van der Waals surface area contributed by atoms with Crippen molar-refractivity contribution in [3.8, 4) is 11.5 Å². The second kappa shape index (κ2) is 12.1. The van der Waals surface area contributed by atoms with Gasteiger partial charge in [0.15, 0.2) is 11.5 Å². The van der Waals surface area contributed by atoms with Gasteiger partial charge in [-0.1, -0.05) is 49.6 Å². The van der Waals surface area contributed by atoms with E-state index in [4.69, 9.17) is 14.5 Å². The van der Waals surface area contributed by atoms with Crippen molar-refractivity contribution in [2.45, 2.75) is 62.9 Å². The molecule has 0 bridgehead atoms. The van der Waals surface area contributed by atoms with Crippen LogP contribution in [0, 0.1) is 6.92 Å². The van der Waals surface area contributed by atoms with Gasteiger partial charge in [0, 0.05) is 24.0 Å². The van der Waals surface area contributed by atoms with E-state index in [1.807, 2.05) is 24.1 Å². The molecule has 194 valence electrons. The van der Waals surface area contributed by atoms with Crippen molar-refractivity contribution in [1.29, 1.82) is 0 Å². The first kappa shape index (κ1) is 25.7. The number of aromatic nitrogens is 2. The van der Waals surface area contributed by atoms with Crippen molar-refractivity contribution >= 4 is 23.0 Å². The third-order valence-electron chi connectivity index (χ3n) is 7.38. The first-order chi connectivity index (χ1) is 18.1. The average Bonchev–Trinajstić information content (AvgIpc) is 3.26. The standard InChI is InChI=1S/C31H37N3O2S/c1-23-32-28-11-7-8-12-29(28)33(23)22-25-13-16-27(17-14-25)37-34(26-9-5-4-6-10-26)20-19-24-15-18-30(35-2)31(21-24)36-3/h7-8,11-18,21,26H,4-6,9-10,19-20,22H2,1-3H3. The van der Waals surface area contributed by atoms with Gasteiger partial charge in [0.05, 0.1) is 25.3 Å². The summed E-state index contributed by atoms with van der Waals surface area (Å²) in [4.78, 5) is 6.02. The molecule has 1 fully saturated rings. The Kier molecular flexibility index (Phi) is 8.37. The lowest BCUT2D eigenvalue weighted by molar-refractivity contribution is 0.274. The van der Waals surface area contributed by atoms with Gasteiger partial charge >= 0.3 is 0 Å². The highest BCUT2D eigenvalue weighted by Gasteiger charge is 2.22. The molecule has 5 rings (SSSR count). The zero-order valence-corrected chi connectivity index (χ0v) is 23.0. The molecule has 6 heteroatoms. The highest BCUT2D eigenvalue weighted by Crippen LogP contribution is 2.33. The molecule has 0 spiro atoms. The Morgan fingerprint density at radius 1 is 0.892 bits per heavy atom. The van der Waals surface area contributed by atoms with E-state index in [0.717, 1.165) is 42.4 Å². The molecule has 1 aromatic heterocycles. The van der Waals surface area contributed by atoms with E-state index < -0.39 is 0 Å². The smallest absolute Gasteiger partial charge is 0.160 e. The van der Waals surface area contributed by atoms with Crippen LogP contribution in [0.3, 0.4) is 0 Å². The number of ether oxygens (including phenoxy) is 2. The molecule has 4 aromatic rings. The number of hydrogen-bond acceptors (Lipinski definition) is 5. The molecule has 3 aromatic carbocycles. The summed E-state index contributed by atoms with van der Waals surface area (Å²) in [6.07, 6.45) is 7.56. The van der Waals surface area contributed by atoms with Crippen molar-refractivity contribution in [3.05, 3.63) is 83.7 Å². The van der Waals surface area contributed by atoms with Crippen LogP contribution < -0.4 is 9.47 Å². The summed E-state index contributed by atoms with van der Waals surface area (Å²) in [6.45, 7) is 3.93. The molecule has 0 amide bonds. The first-order valence-corrected chi connectivity index (χ1v) is 14.1. The predicted octanol–water partition coefficient (Wildman–Crippen LogP) is 7.29. The second-order valence-electron chi connectivity index (χ2n) is 9.84. The van der Waals surface area contributed by atoms with Crippen LogP contribution in [0.1, 0.15) is 49.1 Å². The predicted molar refractivity (Wildman–Crippen MR) is 153 cm³/mol. The summed E-state index contributed by atoms with van der Waals surface area (Å²) in [5.41, 5.74) is 4.82. The third kappa shape index (κ3) is 6.13. The number of hydrogen-bond donors (Lipinski definition) is 0. The molecule has 1 saturated carbocycles. The summed E-state index contributed by atoms with van der Waals surface area (Å²) in [5.74, 6) is 2.63. The summed E-state index contributed by atoms with van der Waals surface area (Å²) in [6, 6.07) is 24.4. The Morgan fingerprint density at radius 2 is 1.62 bits per heavy atom. The summed E-state index contributed by atoms with van der Waals surface area (Å²) >= 11 is 1.91. The van der Waals surface area contributed by atoms with E-state index >= 15 is 0 Å². The van der Waals surface area contributed by atoms with Gasteiger partial charge in [-0.2, -0.15) is 0 Å². The quantitative estimate of drug-likeness (QED) is 0.207. The monoisotopic (exact) mass is 515 g/mol. The number of aryl methyl sites for hydroxylation is 1. The Balaban J connectivity index is 1.28. The van der Waals surface area contributed by atoms with Gasteiger partial charge < -0.3 is 14.0 Å². The van der Waals surface area contributed by atoms with Gasteiger partial charge in [-0.15, -0.1) is 0 Å². The molecule has 0 saturated heterocycles. The van der Waals surface area contributed by atoms with Crippen molar-refractivity contribution in [3.63, 3.8) is 0 Å². The molecule has 0 radical (unpaired) electrons.